The van der Waals surface area contributed by atoms with Crippen LogP contribution in [0.25, 0.3) is 0 Å². The van der Waals surface area contributed by atoms with E-state index >= 15 is 0 Å². The largest absolute Gasteiger partial charge is 0.491 e. The monoisotopic (exact) mass is 556 g/mol. The number of nitrogens with one attached hydrogen (secondary N) is 2. The third-order valence-electron chi connectivity index (χ3n) is 4.99. The zero-order valence-corrected chi connectivity index (χ0v) is 21.5. The third-order valence-corrected chi connectivity index (χ3v) is 4.99. The van der Waals surface area contributed by atoms with E-state index in [-0.39, 0.29) is 30.1 Å². The van der Waals surface area contributed by atoms with Crippen LogP contribution in [0.15, 0.2) is 52.1 Å². The molecule has 1 aromatic carbocycles. The van der Waals surface area contributed by atoms with E-state index in [9.17, 15) is 0 Å². The Morgan fingerprint density at radius 1 is 1.12 bits per heavy atom. The summed E-state index contributed by atoms with van der Waals surface area (Å²) in [7, 11) is 0. The summed E-state index contributed by atoms with van der Waals surface area (Å²) < 4.78 is 16.6. The number of unbranched alkanes of at least 4 members (excludes halogenated alkanes) is 1. The van der Waals surface area contributed by atoms with E-state index in [1.807, 2.05) is 50.2 Å². The first kappa shape index (κ1) is 26.5. The average molecular weight is 556 g/mol. The Balaban J connectivity index is 0.00000363. The number of furan rings is 1. The highest BCUT2D eigenvalue weighted by molar-refractivity contribution is 14.0. The molecule has 0 bridgehead atoms. The van der Waals surface area contributed by atoms with Crippen LogP contribution in [0.1, 0.15) is 32.4 Å². The van der Waals surface area contributed by atoms with E-state index in [1.54, 1.807) is 6.26 Å². The van der Waals surface area contributed by atoms with E-state index < -0.39 is 0 Å². The fraction of sp³-hybridized carbons (Fsp3) is 0.542. The first-order chi connectivity index (χ1) is 15.2. The van der Waals surface area contributed by atoms with Crippen molar-refractivity contribution in [3.8, 4) is 5.75 Å². The second kappa shape index (κ2) is 15.1. The van der Waals surface area contributed by atoms with Gasteiger partial charge in [0.05, 0.1) is 25.6 Å². The summed E-state index contributed by atoms with van der Waals surface area (Å²) in [6.45, 7) is 10.5. The molecule has 0 unspecified atom stereocenters. The summed E-state index contributed by atoms with van der Waals surface area (Å²) in [6.07, 6.45) is 4.88. The molecule has 0 spiro atoms. The van der Waals surface area contributed by atoms with Gasteiger partial charge in [0.2, 0.25) is 0 Å². The molecule has 2 aromatic rings. The van der Waals surface area contributed by atoms with Gasteiger partial charge in [0.15, 0.2) is 5.96 Å². The standard InChI is InChI=1S/C24H36N4O3.HI/c1-20(2)31-23-9-7-21(8-10-23)27-24(26-13-11-22-6-5-17-30-22)25-12-3-4-14-28-15-18-29-19-16-28;/h5-10,17,20H,3-4,11-16,18-19H2,1-2H3,(H2,25,26,27);1H. The molecule has 8 heteroatoms. The van der Waals surface area contributed by atoms with Crippen LogP contribution in [-0.2, 0) is 11.2 Å². The predicted molar refractivity (Wildman–Crippen MR) is 140 cm³/mol. The molecule has 1 saturated heterocycles. The Morgan fingerprint density at radius 2 is 1.91 bits per heavy atom. The maximum Gasteiger partial charge on any atom is 0.195 e. The second-order valence-electron chi connectivity index (χ2n) is 7.96. The summed E-state index contributed by atoms with van der Waals surface area (Å²) in [5.41, 5.74) is 0.980. The molecule has 2 heterocycles. The summed E-state index contributed by atoms with van der Waals surface area (Å²) in [4.78, 5) is 7.25. The fourth-order valence-electron chi connectivity index (χ4n) is 3.39. The Bertz CT molecular complexity index is 760. The van der Waals surface area contributed by atoms with Crippen LogP contribution in [0.4, 0.5) is 5.69 Å². The van der Waals surface area contributed by atoms with Gasteiger partial charge in [-0.2, -0.15) is 0 Å². The van der Waals surface area contributed by atoms with E-state index in [1.165, 1.54) is 0 Å². The van der Waals surface area contributed by atoms with Crippen molar-refractivity contribution in [1.82, 2.24) is 10.2 Å². The lowest BCUT2D eigenvalue weighted by molar-refractivity contribution is 0.0373. The van der Waals surface area contributed by atoms with Gasteiger partial charge < -0.3 is 24.5 Å². The molecule has 0 saturated carbocycles. The van der Waals surface area contributed by atoms with Gasteiger partial charge in [-0.3, -0.25) is 9.89 Å². The molecule has 0 radical (unpaired) electrons. The van der Waals surface area contributed by atoms with Gasteiger partial charge in [0, 0.05) is 38.3 Å². The molecule has 1 fully saturated rings. The molecule has 0 atom stereocenters. The van der Waals surface area contributed by atoms with Crippen molar-refractivity contribution < 1.29 is 13.9 Å². The number of rotatable bonds is 11. The van der Waals surface area contributed by atoms with Crippen LogP contribution in [0, 0.1) is 0 Å². The highest BCUT2D eigenvalue weighted by Crippen LogP contribution is 2.17. The predicted octanol–water partition coefficient (Wildman–Crippen LogP) is 4.40. The minimum absolute atomic E-state index is 0. The molecule has 1 aliphatic heterocycles. The van der Waals surface area contributed by atoms with Crippen molar-refractivity contribution in [1.29, 1.82) is 0 Å². The zero-order chi connectivity index (χ0) is 21.7. The Morgan fingerprint density at radius 3 is 2.59 bits per heavy atom. The number of morpholine rings is 1. The first-order valence-corrected chi connectivity index (χ1v) is 11.3. The smallest absolute Gasteiger partial charge is 0.195 e. The number of hydrogen-bond acceptors (Lipinski definition) is 5. The molecule has 1 aromatic heterocycles. The highest BCUT2D eigenvalue weighted by Gasteiger charge is 2.09. The van der Waals surface area contributed by atoms with E-state index in [0.717, 1.165) is 88.4 Å². The molecule has 0 aliphatic carbocycles. The Hall–Kier alpha value is -1.78. The minimum Gasteiger partial charge on any atom is -0.491 e. The van der Waals surface area contributed by atoms with Crippen molar-refractivity contribution in [2.24, 2.45) is 4.99 Å². The summed E-state index contributed by atoms with van der Waals surface area (Å²) in [6, 6.07) is 11.9. The molecular formula is C24H37IN4O3. The Kier molecular flexibility index (Phi) is 12.5. The second-order valence-corrected chi connectivity index (χ2v) is 7.96. The normalized spacial score (nSPS) is 14.8. The minimum atomic E-state index is 0. The highest BCUT2D eigenvalue weighted by atomic mass is 127. The van der Waals surface area contributed by atoms with Crippen LogP contribution in [-0.4, -0.2) is 62.9 Å². The number of nitrogens with zero attached hydrogens (tertiary/aromatic N) is 2. The molecular weight excluding hydrogens is 519 g/mol. The molecule has 178 valence electrons. The fourth-order valence-corrected chi connectivity index (χ4v) is 3.39. The maximum absolute atomic E-state index is 5.73. The number of guanidine groups is 1. The number of ether oxygens (including phenoxy) is 2. The average Bonchev–Trinajstić information content (AvgIpc) is 3.28. The van der Waals surface area contributed by atoms with Crippen LogP contribution < -0.4 is 15.4 Å². The van der Waals surface area contributed by atoms with Gasteiger partial charge in [-0.25, -0.2) is 0 Å². The van der Waals surface area contributed by atoms with E-state index in [2.05, 4.69) is 15.5 Å². The van der Waals surface area contributed by atoms with Gasteiger partial charge in [0.25, 0.3) is 0 Å². The van der Waals surface area contributed by atoms with Crippen molar-refractivity contribution in [2.75, 3.05) is 51.3 Å². The molecule has 1 aliphatic rings. The number of halogens is 1. The summed E-state index contributed by atoms with van der Waals surface area (Å²) in [5.74, 6) is 2.62. The summed E-state index contributed by atoms with van der Waals surface area (Å²) in [5, 5.41) is 6.82. The van der Waals surface area contributed by atoms with Crippen molar-refractivity contribution in [3.63, 3.8) is 0 Å². The van der Waals surface area contributed by atoms with Crippen LogP contribution >= 0.6 is 24.0 Å². The van der Waals surface area contributed by atoms with Crippen LogP contribution in [0.2, 0.25) is 0 Å². The van der Waals surface area contributed by atoms with E-state index in [4.69, 9.17) is 18.9 Å². The summed E-state index contributed by atoms with van der Waals surface area (Å²) >= 11 is 0. The first-order valence-electron chi connectivity index (χ1n) is 11.3. The quantitative estimate of drug-likeness (QED) is 0.185. The van der Waals surface area contributed by atoms with Crippen molar-refractivity contribution in [3.05, 3.63) is 48.4 Å². The van der Waals surface area contributed by atoms with Crippen molar-refractivity contribution in [2.45, 2.75) is 39.2 Å². The molecule has 0 amide bonds. The number of anilines is 1. The molecule has 2 N–H and O–H groups in total. The lowest BCUT2D eigenvalue weighted by atomic mass is 10.3. The number of benzene rings is 1. The lowest BCUT2D eigenvalue weighted by Crippen LogP contribution is -2.36. The van der Waals surface area contributed by atoms with Gasteiger partial charge in [-0.05, 0) is 69.6 Å². The van der Waals surface area contributed by atoms with Gasteiger partial charge in [-0.15, -0.1) is 24.0 Å². The number of hydrogen-bond donors (Lipinski definition) is 2. The van der Waals surface area contributed by atoms with Crippen LogP contribution in [0.3, 0.4) is 0 Å². The van der Waals surface area contributed by atoms with Crippen LogP contribution in [0.5, 0.6) is 5.75 Å². The van der Waals surface area contributed by atoms with Gasteiger partial charge >= 0.3 is 0 Å². The molecule has 32 heavy (non-hydrogen) atoms. The zero-order valence-electron chi connectivity index (χ0n) is 19.2. The third kappa shape index (κ3) is 10.2. The molecule has 3 rings (SSSR count). The SMILES string of the molecule is CC(C)Oc1ccc(NC(=NCCCCN2CCOCC2)NCCc2ccco2)cc1.I. The lowest BCUT2D eigenvalue weighted by Gasteiger charge is -2.26. The topological polar surface area (TPSA) is 71.3 Å². The van der Waals surface area contributed by atoms with Gasteiger partial charge in [-0.1, -0.05) is 0 Å². The maximum atomic E-state index is 5.73. The van der Waals surface area contributed by atoms with Gasteiger partial charge in [0.1, 0.15) is 11.5 Å². The van der Waals surface area contributed by atoms with Crippen molar-refractivity contribution >= 4 is 35.6 Å². The van der Waals surface area contributed by atoms with E-state index in [0.29, 0.717) is 0 Å². The molecule has 7 nitrogen and oxygen atoms in total. The number of aliphatic imine (C=N–C) groups is 1. The Labute approximate surface area is 209 Å².